The van der Waals surface area contributed by atoms with Crippen LogP contribution in [0.5, 0.6) is 0 Å². The molecule has 1 aliphatic rings. The van der Waals surface area contributed by atoms with Gasteiger partial charge in [0.15, 0.2) is 0 Å². The number of amides is 2. The van der Waals surface area contributed by atoms with Crippen LogP contribution in [0.4, 0.5) is 18.9 Å². The van der Waals surface area contributed by atoms with Crippen LogP contribution in [0, 0.1) is 6.92 Å². The van der Waals surface area contributed by atoms with E-state index in [0.29, 0.717) is 18.9 Å². The van der Waals surface area contributed by atoms with Gasteiger partial charge in [-0.3, -0.25) is 9.59 Å². The highest BCUT2D eigenvalue weighted by atomic mass is 19.4. The number of hydrogen-bond donors (Lipinski definition) is 1. The first-order valence-electron chi connectivity index (χ1n) is 9.51. The first-order valence-corrected chi connectivity index (χ1v) is 9.51. The molecule has 0 radical (unpaired) electrons. The third-order valence-corrected chi connectivity index (χ3v) is 4.55. The lowest BCUT2D eigenvalue weighted by atomic mass is 10.1. The van der Waals surface area contributed by atoms with Crippen LogP contribution in [0.15, 0.2) is 47.6 Å². The Labute approximate surface area is 173 Å². The van der Waals surface area contributed by atoms with Gasteiger partial charge in [0.2, 0.25) is 11.8 Å². The maximum atomic E-state index is 13.2. The van der Waals surface area contributed by atoms with Gasteiger partial charge in [-0.05, 0) is 31.1 Å². The van der Waals surface area contributed by atoms with Gasteiger partial charge >= 0.3 is 6.18 Å². The topological polar surface area (TPSA) is 65.0 Å². The average molecular weight is 422 g/mol. The molecule has 6 nitrogen and oxygen atoms in total. The van der Waals surface area contributed by atoms with Crippen LogP contribution in [-0.4, -0.2) is 54.1 Å². The van der Waals surface area contributed by atoms with Crippen LogP contribution in [-0.2, 0) is 15.8 Å². The van der Waals surface area contributed by atoms with Gasteiger partial charge in [-0.25, -0.2) is 4.99 Å². The van der Waals surface area contributed by atoms with Crippen molar-refractivity contribution in [3.8, 4) is 0 Å². The highest BCUT2D eigenvalue weighted by molar-refractivity contribution is 6.00. The van der Waals surface area contributed by atoms with Crippen molar-refractivity contribution in [1.29, 1.82) is 0 Å². The smallest absolute Gasteiger partial charge is 0.360 e. The zero-order valence-electron chi connectivity index (χ0n) is 17.2. The minimum absolute atomic E-state index is 0.0234. The number of piperazine rings is 1. The Hall–Kier alpha value is -3.10. The molecule has 1 N–H and O–H groups in total. The molecule has 0 aliphatic carbocycles. The highest BCUT2D eigenvalue weighted by Crippen LogP contribution is 2.37. The fourth-order valence-electron chi connectivity index (χ4n) is 2.94. The highest BCUT2D eigenvalue weighted by Gasteiger charge is 2.35. The van der Waals surface area contributed by atoms with E-state index < -0.39 is 17.6 Å². The van der Waals surface area contributed by atoms with Crippen LogP contribution in [0.3, 0.4) is 0 Å². The molecule has 0 bridgehead atoms. The number of hydrogen-bond acceptors (Lipinski definition) is 3. The lowest BCUT2D eigenvalue weighted by molar-refractivity contribution is -0.137. The van der Waals surface area contributed by atoms with Gasteiger partial charge in [-0.2, -0.15) is 13.2 Å². The minimum Gasteiger partial charge on any atom is -0.360 e. The van der Waals surface area contributed by atoms with Gasteiger partial charge in [-0.15, -0.1) is 0 Å². The molecule has 1 saturated heterocycles. The third-order valence-electron chi connectivity index (χ3n) is 4.55. The maximum absolute atomic E-state index is 13.2. The molecule has 0 atom stereocenters. The number of aliphatic imine (C=N–C) groups is 1. The molecule has 0 spiro atoms. The normalized spacial score (nSPS) is 16.7. The molecular weight excluding hydrogens is 397 g/mol. The summed E-state index contributed by atoms with van der Waals surface area (Å²) in [4.78, 5) is 31.9. The van der Waals surface area contributed by atoms with Crippen LogP contribution in [0.2, 0.25) is 0 Å². The fraction of sp³-hybridized carbons (Fsp3) is 0.381. The molecule has 162 valence electrons. The van der Waals surface area contributed by atoms with Gasteiger partial charge in [0.1, 0.15) is 5.84 Å². The molecule has 1 aliphatic heterocycles. The van der Waals surface area contributed by atoms with E-state index in [9.17, 15) is 22.8 Å². The lowest BCUT2D eigenvalue weighted by Gasteiger charge is -2.34. The Morgan fingerprint density at radius 1 is 1.23 bits per heavy atom. The van der Waals surface area contributed by atoms with Crippen molar-refractivity contribution in [3.05, 3.63) is 53.8 Å². The summed E-state index contributed by atoms with van der Waals surface area (Å²) in [5.41, 5.74) is -1.16. The summed E-state index contributed by atoms with van der Waals surface area (Å²) in [5.74, 6) is -0.263. The minimum atomic E-state index is -4.58. The second kappa shape index (κ2) is 10.1. The van der Waals surface area contributed by atoms with Crippen LogP contribution >= 0.6 is 0 Å². The van der Waals surface area contributed by atoms with Crippen LogP contribution < -0.4 is 5.32 Å². The zero-order valence-corrected chi connectivity index (χ0v) is 17.2. The summed E-state index contributed by atoms with van der Waals surface area (Å²) in [6, 6.07) is 3.98. The van der Waals surface area contributed by atoms with Gasteiger partial charge in [0.25, 0.3) is 0 Å². The molecule has 0 aromatic heterocycles. The number of halogens is 3. The first kappa shape index (κ1) is 23.2. The quantitative estimate of drug-likeness (QED) is 0.738. The van der Waals surface area contributed by atoms with Crippen molar-refractivity contribution >= 4 is 23.3 Å². The summed E-state index contributed by atoms with van der Waals surface area (Å²) in [6.07, 6.45) is 1.76. The molecule has 30 heavy (non-hydrogen) atoms. The van der Waals surface area contributed by atoms with Crippen molar-refractivity contribution in [1.82, 2.24) is 9.80 Å². The number of carbonyl (C=O) groups is 2. The molecule has 1 fully saturated rings. The number of nitrogens with zero attached hydrogens (tertiary/aromatic N) is 3. The summed E-state index contributed by atoms with van der Waals surface area (Å²) < 4.78 is 39.7. The summed E-state index contributed by atoms with van der Waals surface area (Å²) >= 11 is 0. The Bertz CT molecular complexity index is 875. The Morgan fingerprint density at radius 3 is 2.63 bits per heavy atom. The number of allylic oxidation sites excluding steroid dienone is 1. The van der Waals surface area contributed by atoms with Crippen molar-refractivity contribution in [2.75, 3.05) is 32.0 Å². The molecule has 1 aromatic carbocycles. The van der Waals surface area contributed by atoms with E-state index in [2.05, 4.69) is 10.3 Å². The maximum Gasteiger partial charge on any atom is 0.418 e. The number of carbonyl (C=O) groups excluding carboxylic acids is 2. The number of alkyl halides is 3. The van der Waals surface area contributed by atoms with E-state index in [-0.39, 0.29) is 23.7 Å². The molecular formula is C21H25F3N4O2. The standard InChI is InChI=1S/C21H25F3N4O2/c1-4-5-9-19(30)28-13-12-27(3)17(14-28)25-11-10-18(29)26-16-8-6-7-15(2)20(16)21(22,23)24/h5-11H,4,12-14H2,1-3H3,(H,26,29)/b9-5+,11-10+,25-17?. The van der Waals surface area contributed by atoms with E-state index in [1.54, 1.807) is 11.0 Å². The summed E-state index contributed by atoms with van der Waals surface area (Å²) in [7, 11) is 1.82. The molecule has 1 heterocycles. The number of nitrogens with one attached hydrogen (secondary N) is 1. The Balaban J connectivity index is 2.08. The van der Waals surface area contributed by atoms with Gasteiger partial charge in [0.05, 0.1) is 17.8 Å². The Morgan fingerprint density at radius 2 is 1.97 bits per heavy atom. The van der Waals surface area contributed by atoms with E-state index in [1.807, 2.05) is 18.9 Å². The van der Waals surface area contributed by atoms with E-state index in [1.165, 1.54) is 37.4 Å². The van der Waals surface area contributed by atoms with Crippen molar-refractivity contribution in [2.24, 2.45) is 4.99 Å². The Kier molecular flexibility index (Phi) is 7.79. The second-order valence-corrected chi connectivity index (χ2v) is 6.84. The number of amidine groups is 1. The number of anilines is 1. The zero-order chi connectivity index (χ0) is 22.3. The van der Waals surface area contributed by atoms with Crippen LogP contribution in [0.1, 0.15) is 24.5 Å². The average Bonchev–Trinajstić information content (AvgIpc) is 2.66. The van der Waals surface area contributed by atoms with Crippen molar-refractivity contribution < 1.29 is 22.8 Å². The lowest BCUT2D eigenvalue weighted by Crippen LogP contribution is -2.50. The number of benzene rings is 1. The number of likely N-dealkylation sites (N-methyl/N-ethyl adjacent to an activating group) is 1. The van der Waals surface area contributed by atoms with E-state index in [0.717, 1.165) is 12.5 Å². The molecule has 2 rings (SSSR count). The molecule has 0 unspecified atom stereocenters. The van der Waals surface area contributed by atoms with Gasteiger partial charge in [0, 0.05) is 32.4 Å². The van der Waals surface area contributed by atoms with Gasteiger partial charge < -0.3 is 15.1 Å². The van der Waals surface area contributed by atoms with E-state index >= 15 is 0 Å². The van der Waals surface area contributed by atoms with Crippen molar-refractivity contribution in [2.45, 2.75) is 26.4 Å². The summed E-state index contributed by atoms with van der Waals surface area (Å²) in [5, 5.41) is 2.25. The molecule has 9 heteroatoms. The molecule has 1 aromatic rings. The number of rotatable bonds is 5. The predicted molar refractivity (Wildman–Crippen MR) is 110 cm³/mol. The fourth-order valence-corrected chi connectivity index (χ4v) is 2.94. The largest absolute Gasteiger partial charge is 0.418 e. The van der Waals surface area contributed by atoms with Crippen molar-refractivity contribution in [3.63, 3.8) is 0 Å². The van der Waals surface area contributed by atoms with E-state index in [4.69, 9.17) is 0 Å². The molecule has 2 amide bonds. The second-order valence-electron chi connectivity index (χ2n) is 6.84. The van der Waals surface area contributed by atoms with Crippen LogP contribution in [0.25, 0.3) is 0 Å². The molecule has 0 saturated carbocycles. The first-order chi connectivity index (χ1) is 14.1. The monoisotopic (exact) mass is 422 g/mol. The summed E-state index contributed by atoms with van der Waals surface area (Å²) in [6.45, 7) is 4.70. The third kappa shape index (κ3) is 6.20. The SMILES string of the molecule is CC/C=C/C(=O)N1CCN(C)C(=N/C=C/C(=O)Nc2cccc(C)c2C(F)(F)F)C1. The van der Waals surface area contributed by atoms with Gasteiger partial charge in [-0.1, -0.05) is 25.1 Å². The predicted octanol–water partition coefficient (Wildman–Crippen LogP) is 3.60. The number of aryl methyl sites for hydroxylation is 1.